The van der Waals surface area contributed by atoms with Crippen LogP contribution in [0.15, 0.2) is 42.5 Å². The zero-order valence-corrected chi connectivity index (χ0v) is 13.1. The summed E-state index contributed by atoms with van der Waals surface area (Å²) in [5, 5.41) is 21.2. The number of benzene rings is 2. The van der Waals surface area contributed by atoms with Crippen molar-refractivity contribution < 1.29 is 24.2 Å². The third-order valence-corrected chi connectivity index (χ3v) is 3.64. The highest BCUT2D eigenvalue weighted by atomic mass is 19.1. The van der Waals surface area contributed by atoms with E-state index < -0.39 is 29.5 Å². The lowest BCUT2D eigenvalue weighted by Crippen LogP contribution is -2.41. The van der Waals surface area contributed by atoms with Gasteiger partial charge in [0.25, 0.3) is 0 Å². The van der Waals surface area contributed by atoms with Crippen LogP contribution in [0.5, 0.6) is 5.75 Å². The Morgan fingerprint density at radius 2 is 1.83 bits per heavy atom. The molecule has 0 radical (unpaired) electrons. The number of hydrogen-bond acceptors (Lipinski definition) is 3. The van der Waals surface area contributed by atoms with Crippen molar-refractivity contribution in [3.8, 4) is 5.75 Å². The number of amides is 1. The molecule has 1 amide bonds. The van der Waals surface area contributed by atoms with Crippen molar-refractivity contribution in [1.29, 1.82) is 0 Å². The molecule has 0 aliphatic heterocycles. The lowest BCUT2D eigenvalue weighted by atomic mass is 9.94. The summed E-state index contributed by atoms with van der Waals surface area (Å²) in [5.74, 6) is -2.95. The van der Waals surface area contributed by atoms with Crippen LogP contribution in [0.2, 0.25) is 0 Å². The van der Waals surface area contributed by atoms with E-state index in [1.807, 2.05) is 30.3 Å². The number of carbonyl (C=O) groups is 2. The third-order valence-electron chi connectivity index (χ3n) is 3.64. The average molecular weight is 331 g/mol. The van der Waals surface area contributed by atoms with Gasteiger partial charge in [0, 0.05) is 19.8 Å². The number of aliphatic carboxylic acids is 1. The van der Waals surface area contributed by atoms with Gasteiger partial charge in [-0.1, -0.05) is 36.4 Å². The molecule has 5 nitrogen and oxygen atoms in total. The lowest BCUT2D eigenvalue weighted by Gasteiger charge is -2.17. The molecule has 3 N–H and O–H groups in total. The van der Waals surface area contributed by atoms with Crippen molar-refractivity contribution in [2.75, 3.05) is 0 Å². The van der Waals surface area contributed by atoms with Crippen LogP contribution in [0, 0.1) is 5.82 Å². The summed E-state index contributed by atoms with van der Waals surface area (Å²) in [4.78, 5) is 22.5. The van der Waals surface area contributed by atoms with E-state index in [-0.39, 0.29) is 18.4 Å². The SMILES string of the molecule is CC(=O)NC(Cc1ccc(O)c(F)c1Cc1ccccc1)C(=O)O. The number of halogens is 1. The Morgan fingerprint density at radius 3 is 2.42 bits per heavy atom. The van der Waals surface area contributed by atoms with Gasteiger partial charge in [0.05, 0.1) is 0 Å². The van der Waals surface area contributed by atoms with E-state index in [1.165, 1.54) is 19.1 Å². The topological polar surface area (TPSA) is 86.6 Å². The fraction of sp³-hybridized carbons (Fsp3) is 0.222. The summed E-state index contributed by atoms with van der Waals surface area (Å²) in [6, 6.07) is 10.6. The molecule has 1 unspecified atom stereocenters. The molecule has 0 fully saturated rings. The Kier molecular flexibility index (Phi) is 5.52. The Balaban J connectivity index is 2.37. The summed E-state index contributed by atoms with van der Waals surface area (Å²) in [5.41, 5.74) is 1.47. The van der Waals surface area contributed by atoms with Crippen molar-refractivity contribution in [2.45, 2.75) is 25.8 Å². The van der Waals surface area contributed by atoms with E-state index in [2.05, 4.69) is 5.32 Å². The third kappa shape index (κ3) is 4.32. The number of nitrogens with one attached hydrogen (secondary N) is 1. The first-order chi connectivity index (χ1) is 11.4. The van der Waals surface area contributed by atoms with Gasteiger partial charge in [-0.25, -0.2) is 9.18 Å². The molecule has 0 saturated heterocycles. The molecule has 1 atom stereocenters. The fourth-order valence-electron chi connectivity index (χ4n) is 2.50. The smallest absolute Gasteiger partial charge is 0.326 e. The number of aromatic hydroxyl groups is 1. The van der Waals surface area contributed by atoms with Crippen LogP contribution in [-0.4, -0.2) is 28.1 Å². The largest absolute Gasteiger partial charge is 0.505 e. The minimum absolute atomic E-state index is 0.0751. The molecule has 0 heterocycles. The molecule has 2 aromatic carbocycles. The number of phenolic OH excluding ortho intramolecular Hbond substituents is 1. The van der Waals surface area contributed by atoms with Crippen LogP contribution in [0.4, 0.5) is 4.39 Å². The summed E-state index contributed by atoms with van der Waals surface area (Å²) in [7, 11) is 0. The van der Waals surface area contributed by atoms with Crippen LogP contribution in [0.25, 0.3) is 0 Å². The number of hydrogen-bond donors (Lipinski definition) is 3. The fourth-order valence-corrected chi connectivity index (χ4v) is 2.50. The van der Waals surface area contributed by atoms with Crippen molar-refractivity contribution in [3.05, 3.63) is 65.0 Å². The van der Waals surface area contributed by atoms with Gasteiger partial charge in [0.15, 0.2) is 11.6 Å². The van der Waals surface area contributed by atoms with Crippen LogP contribution in [0.3, 0.4) is 0 Å². The zero-order chi connectivity index (χ0) is 17.7. The molecule has 0 aliphatic carbocycles. The standard InChI is InChI=1S/C18H18FNO4/c1-11(21)20-15(18(23)24)10-13-7-8-16(22)17(19)14(13)9-12-5-3-2-4-6-12/h2-8,15,22H,9-10H2,1H3,(H,20,21)(H,23,24). The number of phenols is 1. The van der Waals surface area contributed by atoms with E-state index in [0.29, 0.717) is 5.56 Å². The first kappa shape index (κ1) is 17.5. The van der Waals surface area contributed by atoms with Gasteiger partial charge in [-0.2, -0.15) is 0 Å². The predicted octanol–water partition coefficient (Wildman–Crippen LogP) is 2.25. The summed E-state index contributed by atoms with van der Waals surface area (Å²) in [6.07, 6.45) is 0.136. The van der Waals surface area contributed by atoms with Crippen LogP contribution >= 0.6 is 0 Å². The zero-order valence-electron chi connectivity index (χ0n) is 13.1. The minimum Gasteiger partial charge on any atom is -0.505 e. The quantitative estimate of drug-likeness (QED) is 0.758. The molecule has 0 bridgehead atoms. The normalized spacial score (nSPS) is 11.8. The van der Waals surface area contributed by atoms with Crippen molar-refractivity contribution in [1.82, 2.24) is 5.32 Å². The van der Waals surface area contributed by atoms with Crippen LogP contribution in [0.1, 0.15) is 23.6 Å². The Labute approximate surface area is 138 Å². The summed E-state index contributed by atoms with van der Waals surface area (Å²) in [6.45, 7) is 1.22. The number of rotatable bonds is 6. The predicted molar refractivity (Wildman–Crippen MR) is 86.3 cm³/mol. The van der Waals surface area contributed by atoms with Crippen LogP contribution in [-0.2, 0) is 22.4 Å². The van der Waals surface area contributed by atoms with Gasteiger partial charge in [0.1, 0.15) is 6.04 Å². The molecule has 0 spiro atoms. The Bertz CT molecular complexity index is 746. The number of carboxylic acids is 1. The van der Waals surface area contributed by atoms with Crippen molar-refractivity contribution >= 4 is 11.9 Å². The summed E-state index contributed by atoms with van der Waals surface area (Å²) < 4.78 is 14.4. The molecule has 24 heavy (non-hydrogen) atoms. The Morgan fingerprint density at radius 1 is 1.17 bits per heavy atom. The van der Waals surface area contributed by atoms with E-state index in [0.717, 1.165) is 5.56 Å². The molecular weight excluding hydrogens is 313 g/mol. The van der Waals surface area contributed by atoms with Gasteiger partial charge in [-0.15, -0.1) is 0 Å². The molecule has 126 valence electrons. The minimum atomic E-state index is -1.20. The van der Waals surface area contributed by atoms with Gasteiger partial charge in [-0.05, 0) is 22.8 Å². The van der Waals surface area contributed by atoms with Gasteiger partial charge >= 0.3 is 5.97 Å². The van der Waals surface area contributed by atoms with Crippen LogP contribution < -0.4 is 5.32 Å². The maximum Gasteiger partial charge on any atom is 0.326 e. The lowest BCUT2D eigenvalue weighted by molar-refractivity contribution is -0.141. The average Bonchev–Trinajstić information content (AvgIpc) is 2.54. The second-order valence-electron chi connectivity index (χ2n) is 5.49. The first-order valence-electron chi connectivity index (χ1n) is 7.41. The molecule has 0 saturated carbocycles. The van der Waals surface area contributed by atoms with E-state index in [9.17, 15) is 24.2 Å². The molecule has 0 aromatic heterocycles. The highest BCUT2D eigenvalue weighted by Gasteiger charge is 2.22. The van der Waals surface area contributed by atoms with Gasteiger partial charge in [0.2, 0.25) is 5.91 Å². The second kappa shape index (κ2) is 7.59. The van der Waals surface area contributed by atoms with Crippen molar-refractivity contribution in [3.63, 3.8) is 0 Å². The maximum absolute atomic E-state index is 14.4. The number of carbonyl (C=O) groups excluding carboxylic acids is 1. The molecule has 2 aromatic rings. The monoisotopic (exact) mass is 331 g/mol. The Hall–Kier alpha value is -2.89. The maximum atomic E-state index is 14.4. The van der Waals surface area contributed by atoms with E-state index >= 15 is 0 Å². The molecule has 0 aliphatic rings. The van der Waals surface area contributed by atoms with E-state index in [4.69, 9.17) is 0 Å². The molecule has 6 heteroatoms. The van der Waals surface area contributed by atoms with Gasteiger partial charge in [-0.3, -0.25) is 4.79 Å². The second-order valence-corrected chi connectivity index (χ2v) is 5.49. The van der Waals surface area contributed by atoms with E-state index in [1.54, 1.807) is 0 Å². The highest BCUT2D eigenvalue weighted by Crippen LogP contribution is 2.26. The molecular formula is C18H18FNO4. The highest BCUT2D eigenvalue weighted by molar-refractivity contribution is 5.82. The summed E-state index contributed by atoms with van der Waals surface area (Å²) >= 11 is 0. The number of carboxylic acid groups (broad SMARTS) is 1. The van der Waals surface area contributed by atoms with Gasteiger partial charge < -0.3 is 15.5 Å². The molecule has 2 rings (SSSR count). The first-order valence-corrected chi connectivity index (χ1v) is 7.41. The van der Waals surface area contributed by atoms with Crippen molar-refractivity contribution in [2.24, 2.45) is 0 Å².